The molecular weight excluding hydrogens is 193 g/mol. The van der Waals surface area contributed by atoms with Crippen molar-refractivity contribution in [2.45, 2.75) is 13.0 Å². The topological polar surface area (TPSA) is 72.7 Å². The fourth-order valence-corrected chi connectivity index (χ4v) is 1.30. The molecule has 0 bridgehead atoms. The second kappa shape index (κ2) is 6.58. The van der Waals surface area contributed by atoms with E-state index in [0.717, 1.165) is 18.5 Å². The van der Waals surface area contributed by atoms with E-state index in [0.29, 0.717) is 12.0 Å². The molecule has 4 N–H and O–H groups in total. The van der Waals surface area contributed by atoms with Crippen LogP contribution >= 0.6 is 0 Å². The minimum Gasteiger partial charge on any atom is -0.423 e. The van der Waals surface area contributed by atoms with E-state index in [1.165, 1.54) is 0 Å². The quantitative estimate of drug-likeness (QED) is 0.352. The SMILES string of the molecule is OCCCNCc1cccc(B(O)O)c1. The average Bonchev–Trinajstić information content (AvgIpc) is 2.25. The highest BCUT2D eigenvalue weighted by Gasteiger charge is 2.10. The van der Waals surface area contributed by atoms with Crippen LogP contribution < -0.4 is 10.8 Å². The number of rotatable bonds is 6. The Kier molecular flexibility index (Phi) is 5.35. The highest BCUT2D eigenvalue weighted by atomic mass is 16.4. The zero-order valence-corrected chi connectivity index (χ0v) is 8.56. The molecule has 0 unspecified atom stereocenters. The molecule has 0 aromatic heterocycles. The van der Waals surface area contributed by atoms with Crippen LogP contribution in [0.2, 0.25) is 0 Å². The maximum Gasteiger partial charge on any atom is 0.488 e. The molecule has 0 saturated carbocycles. The highest BCUT2D eigenvalue weighted by Crippen LogP contribution is 1.96. The van der Waals surface area contributed by atoms with Gasteiger partial charge in [-0.15, -0.1) is 0 Å². The Morgan fingerprint density at radius 1 is 1.27 bits per heavy atom. The van der Waals surface area contributed by atoms with Crippen molar-refractivity contribution in [3.8, 4) is 0 Å². The van der Waals surface area contributed by atoms with Gasteiger partial charge in [-0.1, -0.05) is 24.3 Å². The molecule has 1 aromatic carbocycles. The summed E-state index contributed by atoms with van der Waals surface area (Å²) in [6, 6.07) is 7.12. The van der Waals surface area contributed by atoms with Crippen LogP contribution in [0, 0.1) is 0 Å². The first kappa shape index (κ1) is 12.2. The van der Waals surface area contributed by atoms with Gasteiger partial charge in [0.25, 0.3) is 0 Å². The van der Waals surface area contributed by atoms with Crippen molar-refractivity contribution in [2.24, 2.45) is 0 Å². The maximum absolute atomic E-state index is 8.96. The van der Waals surface area contributed by atoms with E-state index < -0.39 is 7.12 Å². The fourth-order valence-electron chi connectivity index (χ4n) is 1.30. The summed E-state index contributed by atoms with van der Waals surface area (Å²) in [5.41, 5.74) is 1.50. The summed E-state index contributed by atoms with van der Waals surface area (Å²) in [6.07, 6.45) is 0.725. The predicted molar refractivity (Wildman–Crippen MR) is 59.7 cm³/mol. The van der Waals surface area contributed by atoms with Crippen molar-refractivity contribution >= 4 is 12.6 Å². The van der Waals surface area contributed by atoms with Gasteiger partial charge in [0, 0.05) is 13.2 Å². The zero-order chi connectivity index (χ0) is 11.1. The molecule has 0 aliphatic rings. The van der Waals surface area contributed by atoms with Crippen LogP contribution in [0.25, 0.3) is 0 Å². The van der Waals surface area contributed by atoms with E-state index in [1.807, 2.05) is 6.07 Å². The maximum atomic E-state index is 8.96. The molecule has 1 rings (SSSR count). The van der Waals surface area contributed by atoms with Gasteiger partial charge in [-0.3, -0.25) is 0 Å². The Bertz CT molecular complexity index is 294. The molecule has 1 aromatic rings. The molecule has 0 spiro atoms. The van der Waals surface area contributed by atoms with Crippen LogP contribution in [-0.4, -0.2) is 35.4 Å². The van der Waals surface area contributed by atoms with Crippen LogP contribution in [0.1, 0.15) is 12.0 Å². The van der Waals surface area contributed by atoms with E-state index in [4.69, 9.17) is 15.2 Å². The summed E-state index contributed by atoms with van der Waals surface area (Å²) in [4.78, 5) is 0. The Balaban J connectivity index is 2.43. The second-order valence-electron chi connectivity index (χ2n) is 3.37. The first-order valence-corrected chi connectivity index (χ1v) is 5.00. The summed E-state index contributed by atoms with van der Waals surface area (Å²) >= 11 is 0. The third-order valence-corrected chi connectivity index (χ3v) is 2.09. The molecule has 0 radical (unpaired) electrons. The van der Waals surface area contributed by atoms with Crippen molar-refractivity contribution in [1.29, 1.82) is 0 Å². The molecule has 0 aliphatic heterocycles. The van der Waals surface area contributed by atoms with Crippen LogP contribution in [0.3, 0.4) is 0 Å². The lowest BCUT2D eigenvalue weighted by molar-refractivity contribution is 0.286. The lowest BCUT2D eigenvalue weighted by Gasteiger charge is -2.05. The molecule has 0 heterocycles. The van der Waals surface area contributed by atoms with E-state index in [2.05, 4.69) is 5.32 Å². The van der Waals surface area contributed by atoms with Gasteiger partial charge in [0.2, 0.25) is 0 Å². The summed E-state index contributed by atoms with van der Waals surface area (Å²) in [5.74, 6) is 0. The molecule has 5 heteroatoms. The van der Waals surface area contributed by atoms with Crippen LogP contribution in [0.15, 0.2) is 24.3 Å². The first-order valence-electron chi connectivity index (χ1n) is 5.00. The van der Waals surface area contributed by atoms with E-state index in [-0.39, 0.29) is 6.61 Å². The van der Waals surface area contributed by atoms with E-state index >= 15 is 0 Å². The molecule has 15 heavy (non-hydrogen) atoms. The Morgan fingerprint density at radius 2 is 2.07 bits per heavy atom. The van der Waals surface area contributed by atoms with Gasteiger partial charge in [-0.2, -0.15) is 0 Å². The van der Waals surface area contributed by atoms with Gasteiger partial charge in [0.05, 0.1) is 0 Å². The van der Waals surface area contributed by atoms with E-state index in [9.17, 15) is 0 Å². The zero-order valence-electron chi connectivity index (χ0n) is 8.56. The summed E-state index contributed by atoms with van der Waals surface area (Å²) in [7, 11) is -1.41. The molecule has 0 fully saturated rings. The molecule has 4 nitrogen and oxygen atoms in total. The number of benzene rings is 1. The standard InChI is InChI=1S/C10H16BNO3/c13-6-2-5-12-8-9-3-1-4-10(7-9)11(14)15/h1,3-4,7,12-15H,2,5-6,8H2. The number of nitrogens with one attached hydrogen (secondary N) is 1. The molecule has 0 atom stereocenters. The van der Waals surface area contributed by atoms with Crippen molar-refractivity contribution in [3.63, 3.8) is 0 Å². The predicted octanol–water partition coefficient (Wildman–Crippen LogP) is -1.16. The first-order chi connectivity index (χ1) is 7.24. The van der Waals surface area contributed by atoms with Crippen molar-refractivity contribution in [3.05, 3.63) is 29.8 Å². The van der Waals surface area contributed by atoms with E-state index in [1.54, 1.807) is 18.2 Å². The lowest BCUT2D eigenvalue weighted by atomic mass is 9.80. The Hall–Kier alpha value is -0.875. The molecule has 82 valence electrons. The monoisotopic (exact) mass is 209 g/mol. The lowest BCUT2D eigenvalue weighted by Crippen LogP contribution is -2.30. The summed E-state index contributed by atoms with van der Waals surface area (Å²) in [5, 5.41) is 29.6. The normalized spacial score (nSPS) is 10.3. The van der Waals surface area contributed by atoms with Gasteiger partial charge >= 0.3 is 7.12 Å². The molecular formula is C10H16BNO3. The van der Waals surface area contributed by atoms with Gasteiger partial charge in [-0.25, -0.2) is 0 Å². The number of hydrogen-bond donors (Lipinski definition) is 4. The smallest absolute Gasteiger partial charge is 0.423 e. The fraction of sp³-hybridized carbons (Fsp3) is 0.400. The van der Waals surface area contributed by atoms with Crippen molar-refractivity contribution in [1.82, 2.24) is 5.32 Å². The Morgan fingerprint density at radius 3 is 2.73 bits per heavy atom. The largest absolute Gasteiger partial charge is 0.488 e. The Labute approximate surface area is 89.7 Å². The van der Waals surface area contributed by atoms with Crippen LogP contribution in [-0.2, 0) is 6.54 Å². The van der Waals surface area contributed by atoms with Crippen LogP contribution in [0.4, 0.5) is 0 Å². The van der Waals surface area contributed by atoms with Gasteiger partial charge < -0.3 is 20.5 Å². The van der Waals surface area contributed by atoms with Gasteiger partial charge in [0.15, 0.2) is 0 Å². The molecule has 0 aliphatic carbocycles. The number of hydrogen-bond acceptors (Lipinski definition) is 4. The average molecular weight is 209 g/mol. The van der Waals surface area contributed by atoms with Crippen molar-refractivity contribution < 1.29 is 15.2 Å². The minimum atomic E-state index is -1.41. The summed E-state index contributed by atoms with van der Waals surface area (Å²) in [6.45, 7) is 1.60. The van der Waals surface area contributed by atoms with Crippen molar-refractivity contribution in [2.75, 3.05) is 13.2 Å². The highest BCUT2D eigenvalue weighted by molar-refractivity contribution is 6.58. The van der Waals surface area contributed by atoms with Crippen LogP contribution in [0.5, 0.6) is 0 Å². The number of aliphatic hydroxyl groups is 1. The minimum absolute atomic E-state index is 0.183. The number of aliphatic hydroxyl groups excluding tert-OH is 1. The van der Waals surface area contributed by atoms with Gasteiger partial charge in [0.1, 0.15) is 0 Å². The van der Waals surface area contributed by atoms with Gasteiger partial charge in [-0.05, 0) is 24.0 Å². The third-order valence-electron chi connectivity index (χ3n) is 2.09. The summed E-state index contributed by atoms with van der Waals surface area (Å²) < 4.78 is 0. The third kappa shape index (κ3) is 4.44. The second-order valence-corrected chi connectivity index (χ2v) is 3.37. The molecule has 0 amide bonds. The molecule has 0 saturated heterocycles.